The molecule has 94 valence electrons. The third kappa shape index (κ3) is 2.59. The van der Waals surface area contributed by atoms with Crippen LogP contribution in [0.1, 0.15) is 36.3 Å². The van der Waals surface area contributed by atoms with Crippen molar-refractivity contribution in [1.29, 1.82) is 0 Å². The van der Waals surface area contributed by atoms with Gasteiger partial charge in [0.1, 0.15) is 6.33 Å². The third-order valence-electron chi connectivity index (χ3n) is 3.17. The lowest BCUT2D eigenvalue weighted by atomic mass is 9.91. The monoisotopic (exact) mass is 244 g/mol. The molecule has 1 saturated carbocycles. The molecule has 1 heterocycles. The largest absolute Gasteiger partial charge is 0.336 e. The highest BCUT2D eigenvalue weighted by atomic mass is 19.3. The van der Waals surface area contributed by atoms with Crippen molar-refractivity contribution in [2.75, 3.05) is 7.05 Å². The van der Waals surface area contributed by atoms with Crippen LogP contribution in [-0.2, 0) is 0 Å². The molecule has 1 amide bonds. The van der Waals surface area contributed by atoms with E-state index in [0.29, 0.717) is 12.8 Å². The summed E-state index contributed by atoms with van der Waals surface area (Å²) in [5.74, 6) is -2.74. The first kappa shape index (κ1) is 11.9. The number of aromatic nitrogens is 3. The van der Waals surface area contributed by atoms with E-state index in [0.717, 1.165) is 0 Å². The number of rotatable bonds is 2. The van der Waals surface area contributed by atoms with E-state index in [1.165, 1.54) is 11.2 Å². The second kappa shape index (κ2) is 4.38. The Morgan fingerprint density at radius 3 is 2.71 bits per heavy atom. The summed E-state index contributed by atoms with van der Waals surface area (Å²) >= 11 is 0. The van der Waals surface area contributed by atoms with Gasteiger partial charge in [0.05, 0.1) is 0 Å². The molecule has 1 aliphatic rings. The van der Waals surface area contributed by atoms with Crippen molar-refractivity contribution in [1.82, 2.24) is 20.1 Å². The highest BCUT2D eigenvalue weighted by Gasteiger charge is 2.37. The van der Waals surface area contributed by atoms with Crippen molar-refractivity contribution in [2.24, 2.45) is 0 Å². The third-order valence-corrected chi connectivity index (χ3v) is 3.17. The molecule has 1 aromatic heterocycles. The topological polar surface area (TPSA) is 61.9 Å². The van der Waals surface area contributed by atoms with Crippen LogP contribution < -0.4 is 0 Å². The van der Waals surface area contributed by atoms with Crippen LogP contribution in [0, 0.1) is 0 Å². The van der Waals surface area contributed by atoms with Crippen LogP contribution >= 0.6 is 0 Å². The Kier molecular flexibility index (Phi) is 3.08. The molecule has 0 aliphatic heterocycles. The van der Waals surface area contributed by atoms with E-state index in [1.54, 1.807) is 7.05 Å². The highest BCUT2D eigenvalue weighted by Crippen LogP contribution is 2.34. The number of H-pyrrole nitrogens is 1. The molecule has 0 bridgehead atoms. The first-order chi connectivity index (χ1) is 7.99. The van der Waals surface area contributed by atoms with Gasteiger partial charge in [0.25, 0.3) is 5.91 Å². The molecule has 5 nitrogen and oxygen atoms in total. The van der Waals surface area contributed by atoms with Crippen molar-refractivity contribution in [3.05, 3.63) is 12.2 Å². The van der Waals surface area contributed by atoms with E-state index in [-0.39, 0.29) is 30.6 Å². The summed E-state index contributed by atoms with van der Waals surface area (Å²) in [6.07, 6.45) is 1.57. The fourth-order valence-electron chi connectivity index (χ4n) is 2.05. The Morgan fingerprint density at radius 1 is 1.53 bits per heavy atom. The van der Waals surface area contributed by atoms with Gasteiger partial charge in [-0.15, -0.1) is 0 Å². The van der Waals surface area contributed by atoms with Crippen LogP contribution in [0.15, 0.2) is 6.33 Å². The van der Waals surface area contributed by atoms with E-state index >= 15 is 0 Å². The normalized spacial score (nSPS) is 20.2. The highest BCUT2D eigenvalue weighted by molar-refractivity contribution is 5.90. The van der Waals surface area contributed by atoms with Crippen LogP contribution in [0.25, 0.3) is 0 Å². The lowest BCUT2D eigenvalue weighted by molar-refractivity contribution is -0.0491. The van der Waals surface area contributed by atoms with Crippen molar-refractivity contribution >= 4 is 5.91 Å². The number of nitrogens with zero attached hydrogens (tertiary/aromatic N) is 3. The molecule has 1 fully saturated rings. The zero-order valence-electron chi connectivity index (χ0n) is 9.49. The number of hydrogen-bond donors (Lipinski definition) is 1. The maximum Gasteiger partial charge on any atom is 0.291 e. The Balaban J connectivity index is 1.97. The summed E-state index contributed by atoms with van der Waals surface area (Å²) < 4.78 is 26.0. The SMILES string of the molecule is CN(C(=O)c1ncn[nH]1)C1CCC(F)(F)CC1. The zero-order chi connectivity index (χ0) is 12.5. The minimum absolute atomic E-state index is 0.143. The van der Waals surface area contributed by atoms with Gasteiger partial charge in [-0.05, 0) is 12.8 Å². The van der Waals surface area contributed by atoms with Gasteiger partial charge >= 0.3 is 0 Å². The van der Waals surface area contributed by atoms with Crippen LogP contribution in [0.5, 0.6) is 0 Å². The van der Waals surface area contributed by atoms with Gasteiger partial charge < -0.3 is 4.90 Å². The molecule has 0 aromatic carbocycles. The molecule has 0 saturated heterocycles. The van der Waals surface area contributed by atoms with Gasteiger partial charge in [-0.25, -0.2) is 13.8 Å². The maximum absolute atomic E-state index is 13.0. The number of carbonyl (C=O) groups is 1. The van der Waals surface area contributed by atoms with E-state index in [1.807, 2.05) is 0 Å². The quantitative estimate of drug-likeness (QED) is 0.856. The second-order valence-corrected chi connectivity index (χ2v) is 4.34. The van der Waals surface area contributed by atoms with Crippen LogP contribution in [0.3, 0.4) is 0 Å². The molecule has 1 aliphatic carbocycles. The Bertz CT molecular complexity index is 383. The van der Waals surface area contributed by atoms with Gasteiger partial charge in [-0.1, -0.05) is 0 Å². The average Bonchev–Trinajstić information content (AvgIpc) is 2.80. The summed E-state index contributed by atoms with van der Waals surface area (Å²) in [6, 6.07) is -0.146. The molecule has 2 rings (SSSR count). The maximum atomic E-state index is 13.0. The molecule has 0 atom stereocenters. The smallest absolute Gasteiger partial charge is 0.291 e. The molecule has 0 unspecified atom stereocenters. The number of aromatic amines is 1. The number of nitrogens with one attached hydrogen (secondary N) is 1. The fraction of sp³-hybridized carbons (Fsp3) is 0.700. The minimum atomic E-state index is -2.58. The fourth-order valence-corrected chi connectivity index (χ4v) is 2.05. The lowest BCUT2D eigenvalue weighted by Gasteiger charge is -2.34. The molecule has 17 heavy (non-hydrogen) atoms. The molecule has 7 heteroatoms. The van der Waals surface area contributed by atoms with Crippen LogP contribution in [-0.4, -0.2) is 45.0 Å². The molecular formula is C10H14F2N4O. The van der Waals surface area contributed by atoms with Crippen LogP contribution in [0.4, 0.5) is 8.78 Å². The summed E-state index contributed by atoms with van der Waals surface area (Å²) in [5.41, 5.74) is 0. The van der Waals surface area contributed by atoms with E-state index in [9.17, 15) is 13.6 Å². The average molecular weight is 244 g/mol. The van der Waals surface area contributed by atoms with E-state index < -0.39 is 5.92 Å². The second-order valence-electron chi connectivity index (χ2n) is 4.34. The van der Waals surface area contributed by atoms with E-state index in [4.69, 9.17) is 0 Å². The lowest BCUT2D eigenvalue weighted by Crippen LogP contribution is -2.42. The zero-order valence-corrected chi connectivity index (χ0v) is 9.49. The standard InChI is InChI=1S/C10H14F2N4O/c1-16(9(17)8-13-6-14-15-8)7-2-4-10(11,12)5-3-7/h6-7H,2-5H2,1H3,(H,13,14,15). The predicted molar refractivity (Wildman–Crippen MR) is 55.7 cm³/mol. The number of carbonyl (C=O) groups excluding carboxylic acids is 1. The predicted octanol–water partition coefficient (Wildman–Crippen LogP) is 1.45. The Morgan fingerprint density at radius 2 is 2.18 bits per heavy atom. The number of alkyl halides is 2. The van der Waals surface area contributed by atoms with Crippen molar-refractivity contribution in [3.8, 4) is 0 Å². The number of amides is 1. The summed E-state index contributed by atoms with van der Waals surface area (Å²) in [6.45, 7) is 0. The molecule has 0 radical (unpaired) electrons. The Hall–Kier alpha value is -1.53. The number of hydrogen-bond acceptors (Lipinski definition) is 3. The summed E-state index contributed by atoms with van der Waals surface area (Å²) in [7, 11) is 1.61. The molecule has 1 aromatic rings. The van der Waals surface area contributed by atoms with Crippen molar-refractivity contribution in [3.63, 3.8) is 0 Å². The summed E-state index contributed by atoms with van der Waals surface area (Å²) in [4.78, 5) is 17.1. The van der Waals surface area contributed by atoms with Gasteiger partial charge in [0, 0.05) is 25.9 Å². The van der Waals surface area contributed by atoms with Gasteiger partial charge in [0.15, 0.2) is 0 Å². The molecule has 0 spiro atoms. The molecule has 1 N–H and O–H groups in total. The van der Waals surface area contributed by atoms with Crippen molar-refractivity contribution < 1.29 is 13.6 Å². The minimum Gasteiger partial charge on any atom is -0.336 e. The van der Waals surface area contributed by atoms with Crippen molar-refractivity contribution in [2.45, 2.75) is 37.6 Å². The van der Waals surface area contributed by atoms with Gasteiger partial charge in [-0.2, -0.15) is 5.10 Å². The number of halogens is 2. The summed E-state index contributed by atoms with van der Waals surface area (Å²) in [5, 5.41) is 6.06. The van der Waals surface area contributed by atoms with E-state index in [2.05, 4.69) is 15.2 Å². The van der Waals surface area contributed by atoms with Crippen LogP contribution in [0.2, 0.25) is 0 Å². The van der Waals surface area contributed by atoms with Gasteiger partial charge in [0.2, 0.25) is 11.7 Å². The first-order valence-corrected chi connectivity index (χ1v) is 5.50. The van der Waals surface area contributed by atoms with Gasteiger partial charge in [-0.3, -0.25) is 9.89 Å². The molecular weight excluding hydrogens is 230 g/mol. The first-order valence-electron chi connectivity index (χ1n) is 5.50. The Labute approximate surface area is 97.2 Å².